The average Bonchev–Trinajstić information content (AvgIpc) is 3.30. The molecule has 1 unspecified atom stereocenters. The summed E-state index contributed by atoms with van der Waals surface area (Å²) in [6.07, 6.45) is 5.73. The molecule has 0 N–H and O–H groups in total. The third-order valence-corrected chi connectivity index (χ3v) is 6.27. The van der Waals surface area contributed by atoms with Crippen LogP contribution in [0.4, 0.5) is 10.2 Å². The second kappa shape index (κ2) is 9.35. The summed E-state index contributed by atoms with van der Waals surface area (Å²) in [6, 6.07) is 14.8. The van der Waals surface area contributed by atoms with Crippen molar-refractivity contribution in [1.29, 1.82) is 0 Å². The van der Waals surface area contributed by atoms with E-state index < -0.39 is 0 Å². The van der Waals surface area contributed by atoms with E-state index in [1.807, 2.05) is 24.3 Å². The van der Waals surface area contributed by atoms with Crippen LogP contribution in [0.1, 0.15) is 12.8 Å². The van der Waals surface area contributed by atoms with E-state index in [-0.39, 0.29) is 5.82 Å². The van der Waals surface area contributed by atoms with Gasteiger partial charge in [0.05, 0.1) is 7.11 Å². The van der Waals surface area contributed by atoms with Crippen LogP contribution in [0.3, 0.4) is 0 Å². The van der Waals surface area contributed by atoms with Gasteiger partial charge in [-0.2, -0.15) is 0 Å². The number of likely N-dealkylation sites (N-methyl/N-ethyl adjacent to an activating group) is 1. The Morgan fingerprint density at radius 3 is 2.65 bits per heavy atom. The minimum atomic E-state index is -0.273. The fourth-order valence-electron chi connectivity index (χ4n) is 4.74. The van der Waals surface area contributed by atoms with E-state index in [1.165, 1.54) is 12.1 Å². The third kappa shape index (κ3) is 4.31. The summed E-state index contributed by atoms with van der Waals surface area (Å²) in [5.41, 5.74) is 3.24. The van der Waals surface area contributed by atoms with Gasteiger partial charge in [-0.05, 0) is 74.5 Å². The average molecular weight is 458 g/mol. The summed E-state index contributed by atoms with van der Waals surface area (Å²) in [5, 5.41) is 0.900. The lowest BCUT2D eigenvalue weighted by Crippen LogP contribution is -2.38. The van der Waals surface area contributed by atoms with E-state index in [0.29, 0.717) is 17.6 Å². The fourth-order valence-corrected chi connectivity index (χ4v) is 4.74. The van der Waals surface area contributed by atoms with Gasteiger partial charge < -0.3 is 14.5 Å². The number of benzene rings is 2. The number of methoxy groups -OCH3 is 1. The second-order valence-corrected chi connectivity index (χ2v) is 8.95. The minimum Gasteiger partial charge on any atom is -0.494 e. The molecule has 0 aliphatic carbocycles. The van der Waals surface area contributed by atoms with Crippen molar-refractivity contribution in [3.05, 3.63) is 66.7 Å². The number of ether oxygens (including phenoxy) is 1. The van der Waals surface area contributed by atoms with Crippen molar-refractivity contribution in [2.24, 2.45) is 0 Å². The summed E-state index contributed by atoms with van der Waals surface area (Å²) in [5.74, 6) is 1.85. The van der Waals surface area contributed by atoms with Crippen LogP contribution in [0.5, 0.6) is 5.75 Å². The molecule has 3 heterocycles. The molecule has 2 aromatic carbocycles. The molecule has 1 saturated heterocycles. The van der Waals surface area contributed by atoms with E-state index in [4.69, 9.17) is 14.7 Å². The zero-order chi connectivity index (χ0) is 23.7. The van der Waals surface area contributed by atoms with Gasteiger partial charge >= 0.3 is 0 Å². The molecule has 0 bridgehead atoms. The maximum absolute atomic E-state index is 14.0. The highest BCUT2D eigenvalue weighted by Crippen LogP contribution is 2.39. The zero-order valence-electron chi connectivity index (χ0n) is 19.7. The Balaban J connectivity index is 1.76. The van der Waals surface area contributed by atoms with Gasteiger partial charge in [-0.3, -0.25) is 4.98 Å². The van der Waals surface area contributed by atoms with Gasteiger partial charge in [0, 0.05) is 42.5 Å². The van der Waals surface area contributed by atoms with Crippen molar-refractivity contribution in [2.45, 2.75) is 18.9 Å². The van der Waals surface area contributed by atoms with E-state index >= 15 is 0 Å². The largest absolute Gasteiger partial charge is 0.494 e. The summed E-state index contributed by atoms with van der Waals surface area (Å²) in [7, 11) is 5.84. The SMILES string of the molecule is COc1cc(-c2cccc(F)c2)cc2c(N3CCCC3CN(C)C)nc(-c3cccnc3)nc12. The summed E-state index contributed by atoms with van der Waals surface area (Å²) in [6.45, 7) is 1.86. The zero-order valence-corrected chi connectivity index (χ0v) is 19.7. The smallest absolute Gasteiger partial charge is 0.163 e. The van der Waals surface area contributed by atoms with Crippen LogP contribution in [0.15, 0.2) is 60.9 Å². The Morgan fingerprint density at radius 2 is 1.91 bits per heavy atom. The molecule has 5 rings (SSSR count). The van der Waals surface area contributed by atoms with Gasteiger partial charge in [0.1, 0.15) is 22.9 Å². The lowest BCUT2D eigenvalue weighted by molar-refractivity contribution is 0.371. The number of pyridine rings is 1. The van der Waals surface area contributed by atoms with E-state index in [1.54, 1.807) is 25.6 Å². The van der Waals surface area contributed by atoms with Gasteiger partial charge in [0.2, 0.25) is 0 Å². The molecule has 1 atom stereocenters. The maximum Gasteiger partial charge on any atom is 0.163 e. The number of aromatic nitrogens is 3. The third-order valence-electron chi connectivity index (χ3n) is 6.27. The predicted octanol–water partition coefficient (Wildman–Crippen LogP) is 5.04. The van der Waals surface area contributed by atoms with Crippen LogP contribution in [-0.4, -0.2) is 60.2 Å². The van der Waals surface area contributed by atoms with E-state index in [0.717, 1.165) is 59.3 Å². The molecule has 1 aliphatic heterocycles. The van der Waals surface area contributed by atoms with Crippen LogP contribution in [0.2, 0.25) is 0 Å². The van der Waals surface area contributed by atoms with Crippen LogP contribution in [0, 0.1) is 5.82 Å². The van der Waals surface area contributed by atoms with Crippen molar-refractivity contribution >= 4 is 16.7 Å². The van der Waals surface area contributed by atoms with Gasteiger partial charge in [0.25, 0.3) is 0 Å². The Kier molecular flexibility index (Phi) is 6.11. The number of halogens is 1. The highest BCUT2D eigenvalue weighted by Gasteiger charge is 2.29. The molecule has 0 saturated carbocycles. The van der Waals surface area contributed by atoms with Crippen molar-refractivity contribution in [1.82, 2.24) is 19.9 Å². The topological polar surface area (TPSA) is 54.4 Å². The normalized spacial score (nSPS) is 15.9. The van der Waals surface area contributed by atoms with E-state index in [9.17, 15) is 4.39 Å². The van der Waals surface area contributed by atoms with Crippen molar-refractivity contribution in [3.8, 4) is 28.3 Å². The Bertz CT molecular complexity index is 1310. The highest BCUT2D eigenvalue weighted by molar-refractivity contribution is 5.98. The molecule has 34 heavy (non-hydrogen) atoms. The van der Waals surface area contributed by atoms with Gasteiger partial charge in [-0.15, -0.1) is 0 Å². The second-order valence-electron chi connectivity index (χ2n) is 8.95. The monoisotopic (exact) mass is 457 g/mol. The highest BCUT2D eigenvalue weighted by atomic mass is 19.1. The lowest BCUT2D eigenvalue weighted by Gasteiger charge is -2.29. The van der Waals surface area contributed by atoms with Crippen LogP contribution >= 0.6 is 0 Å². The van der Waals surface area contributed by atoms with Crippen LogP contribution < -0.4 is 9.64 Å². The van der Waals surface area contributed by atoms with Crippen LogP contribution in [0.25, 0.3) is 33.4 Å². The van der Waals surface area contributed by atoms with Crippen molar-refractivity contribution in [3.63, 3.8) is 0 Å². The fraction of sp³-hybridized carbons (Fsp3) is 0.296. The molecular formula is C27H28FN5O. The molecule has 1 aliphatic rings. The predicted molar refractivity (Wildman–Crippen MR) is 134 cm³/mol. The number of rotatable bonds is 6. The first-order valence-corrected chi connectivity index (χ1v) is 11.5. The lowest BCUT2D eigenvalue weighted by atomic mass is 10.0. The molecule has 1 fully saturated rings. The van der Waals surface area contributed by atoms with Crippen molar-refractivity contribution < 1.29 is 9.13 Å². The number of nitrogens with zero attached hydrogens (tertiary/aromatic N) is 5. The van der Waals surface area contributed by atoms with Crippen molar-refractivity contribution in [2.75, 3.05) is 39.2 Å². The number of hydrogen-bond donors (Lipinski definition) is 0. The number of anilines is 1. The molecule has 174 valence electrons. The van der Waals surface area contributed by atoms with Gasteiger partial charge in [-0.25, -0.2) is 14.4 Å². The standard InChI is InChI=1S/C27H28FN5O/c1-32(2)17-22-10-6-12-33(22)27-23-14-20(18-7-4-9-21(28)13-18)15-24(34-3)25(23)30-26(31-27)19-8-5-11-29-16-19/h4-5,7-9,11,13-16,22H,6,10,12,17H2,1-3H3. The van der Waals surface area contributed by atoms with E-state index in [2.05, 4.69) is 34.9 Å². The minimum absolute atomic E-state index is 0.273. The molecule has 0 amide bonds. The molecule has 0 radical (unpaired) electrons. The number of hydrogen-bond acceptors (Lipinski definition) is 6. The Morgan fingerprint density at radius 1 is 1.06 bits per heavy atom. The molecular weight excluding hydrogens is 429 g/mol. The Hall–Kier alpha value is -3.58. The molecule has 6 nitrogen and oxygen atoms in total. The first-order chi connectivity index (χ1) is 16.5. The first-order valence-electron chi connectivity index (χ1n) is 11.5. The molecule has 2 aromatic heterocycles. The summed E-state index contributed by atoms with van der Waals surface area (Å²) < 4.78 is 19.8. The quantitative estimate of drug-likeness (QED) is 0.405. The van der Waals surface area contributed by atoms with Gasteiger partial charge in [0.15, 0.2) is 5.82 Å². The molecule has 4 aromatic rings. The van der Waals surface area contributed by atoms with Gasteiger partial charge in [-0.1, -0.05) is 12.1 Å². The maximum atomic E-state index is 14.0. The number of fused-ring (bicyclic) bond motifs is 1. The molecule has 0 spiro atoms. The summed E-state index contributed by atoms with van der Waals surface area (Å²) in [4.78, 5) is 18.8. The molecule has 7 heteroatoms. The summed E-state index contributed by atoms with van der Waals surface area (Å²) >= 11 is 0. The Labute approximate surface area is 199 Å². The van der Waals surface area contributed by atoms with Crippen LogP contribution in [-0.2, 0) is 0 Å². The first kappa shape index (κ1) is 22.2.